The third-order valence-corrected chi connectivity index (χ3v) is 3.33. The summed E-state index contributed by atoms with van der Waals surface area (Å²) < 4.78 is 5.39. The lowest BCUT2D eigenvalue weighted by atomic mass is 10.3. The number of aromatic nitrogens is 1. The third kappa shape index (κ3) is 4.20. The number of hydrogen-bond acceptors (Lipinski definition) is 4. The first-order chi connectivity index (χ1) is 7.67. The van der Waals surface area contributed by atoms with Crippen LogP contribution in [0.4, 0.5) is 0 Å². The molecule has 0 atom stereocenters. The Kier molecular flexibility index (Phi) is 5.95. The van der Waals surface area contributed by atoms with Gasteiger partial charge < -0.3 is 10.1 Å². The van der Waals surface area contributed by atoms with Gasteiger partial charge in [-0.2, -0.15) is 0 Å². The fraction of sp³-hybridized carbons (Fsp3) is 0.750. The fourth-order valence-corrected chi connectivity index (χ4v) is 2.44. The van der Waals surface area contributed by atoms with E-state index in [1.807, 2.05) is 6.92 Å². The van der Waals surface area contributed by atoms with Crippen LogP contribution in [0.2, 0.25) is 0 Å². The summed E-state index contributed by atoms with van der Waals surface area (Å²) in [4.78, 5) is 5.95. The molecule has 0 spiro atoms. The molecule has 0 saturated heterocycles. The molecule has 1 heterocycles. The number of nitrogens with zero attached hydrogens (tertiary/aromatic N) is 1. The summed E-state index contributed by atoms with van der Waals surface area (Å²) in [5.74, 6) is 0. The van der Waals surface area contributed by atoms with Crippen molar-refractivity contribution >= 4 is 11.3 Å². The van der Waals surface area contributed by atoms with Crippen molar-refractivity contribution in [3.8, 4) is 0 Å². The van der Waals surface area contributed by atoms with Crippen molar-refractivity contribution in [1.82, 2.24) is 10.3 Å². The van der Waals surface area contributed by atoms with Crippen LogP contribution in [0.3, 0.4) is 0 Å². The molecule has 0 aliphatic rings. The molecular formula is C12H22N2OS. The largest absolute Gasteiger partial charge is 0.375 e. The second-order valence-corrected chi connectivity index (χ2v) is 5.17. The highest BCUT2D eigenvalue weighted by atomic mass is 32.1. The molecule has 1 N–H and O–H groups in total. The fourth-order valence-electron chi connectivity index (χ4n) is 1.40. The van der Waals surface area contributed by atoms with Crippen molar-refractivity contribution in [2.75, 3.05) is 6.61 Å². The maximum absolute atomic E-state index is 5.39. The molecule has 0 unspecified atom stereocenters. The first-order valence-corrected chi connectivity index (χ1v) is 6.77. The zero-order chi connectivity index (χ0) is 12.0. The average molecular weight is 242 g/mol. The van der Waals surface area contributed by atoms with E-state index >= 15 is 0 Å². The van der Waals surface area contributed by atoms with Gasteiger partial charge in [0.25, 0.3) is 0 Å². The molecule has 0 radical (unpaired) electrons. The van der Waals surface area contributed by atoms with E-state index in [0.717, 1.165) is 24.6 Å². The molecule has 1 aromatic rings. The summed E-state index contributed by atoms with van der Waals surface area (Å²) in [5, 5.41) is 4.53. The van der Waals surface area contributed by atoms with E-state index in [9.17, 15) is 0 Å². The van der Waals surface area contributed by atoms with Crippen LogP contribution in [-0.4, -0.2) is 17.6 Å². The predicted octanol–water partition coefficient (Wildman–Crippen LogP) is 2.74. The van der Waals surface area contributed by atoms with E-state index in [2.05, 4.69) is 31.1 Å². The lowest BCUT2D eigenvalue weighted by Crippen LogP contribution is -2.21. The SMILES string of the molecule is CCOCc1nc(CC)c(CNC(C)C)s1. The molecule has 0 aromatic carbocycles. The number of aryl methyl sites for hydroxylation is 1. The predicted molar refractivity (Wildman–Crippen MR) is 68.8 cm³/mol. The van der Waals surface area contributed by atoms with E-state index in [-0.39, 0.29) is 0 Å². The molecular weight excluding hydrogens is 220 g/mol. The van der Waals surface area contributed by atoms with Crippen molar-refractivity contribution in [1.29, 1.82) is 0 Å². The van der Waals surface area contributed by atoms with Crippen molar-refractivity contribution in [2.24, 2.45) is 0 Å². The Hall–Kier alpha value is -0.450. The van der Waals surface area contributed by atoms with E-state index in [1.165, 1.54) is 10.6 Å². The molecule has 0 bridgehead atoms. The van der Waals surface area contributed by atoms with Crippen LogP contribution in [-0.2, 0) is 24.3 Å². The lowest BCUT2D eigenvalue weighted by molar-refractivity contribution is 0.134. The maximum atomic E-state index is 5.39. The van der Waals surface area contributed by atoms with Gasteiger partial charge in [0.2, 0.25) is 0 Å². The second kappa shape index (κ2) is 6.99. The third-order valence-electron chi connectivity index (χ3n) is 2.26. The minimum atomic E-state index is 0.516. The van der Waals surface area contributed by atoms with Gasteiger partial charge >= 0.3 is 0 Å². The molecule has 0 fully saturated rings. The maximum Gasteiger partial charge on any atom is 0.119 e. The summed E-state index contributed by atoms with van der Waals surface area (Å²) in [6.07, 6.45) is 0.998. The Bertz CT molecular complexity index is 310. The topological polar surface area (TPSA) is 34.1 Å². The molecule has 1 aromatic heterocycles. The highest BCUT2D eigenvalue weighted by molar-refractivity contribution is 7.11. The highest BCUT2D eigenvalue weighted by Gasteiger charge is 2.09. The molecule has 0 amide bonds. The summed E-state index contributed by atoms with van der Waals surface area (Å²) in [5.41, 5.74) is 1.22. The van der Waals surface area contributed by atoms with Gasteiger partial charge in [-0.3, -0.25) is 0 Å². The first-order valence-electron chi connectivity index (χ1n) is 5.95. The lowest BCUT2D eigenvalue weighted by Gasteiger charge is -2.06. The van der Waals surface area contributed by atoms with Crippen LogP contribution in [0.1, 0.15) is 43.3 Å². The Balaban J connectivity index is 2.62. The molecule has 0 aliphatic heterocycles. The average Bonchev–Trinajstić information content (AvgIpc) is 2.66. The van der Waals surface area contributed by atoms with Crippen LogP contribution in [0.5, 0.6) is 0 Å². The molecule has 92 valence electrons. The minimum Gasteiger partial charge on any atom is -0.375 e. The Morgan fingerprint density at radius 1 is 1.38 bits per heavy atom. The normalized spacial score (nSPS) is 11.3. The van der Waals surface area contributed by atoms with Gasteiger partial charge in [-0.05, 0) is 13.3 Å². The molecule has 16 heavy (non-hydrogen) atoms. The van der Waals surface area contributed by atoms with E-state index in [1.54, 1.807) is 11.3 Å². The van der Waals surface area contributed by atoms with Gasteiger partial charge in [-0.1, -0.05) is 20.8 Å². The van der Waals surface area contributed by atoms with Crippen LogP contribution in [0, 0.1) is 0 Å². The van der Waals surface area contributed by atoms with Crippen molar-refractivity contribution in [3.05, 3.63) is 15.6 Å². The molecule has 3 nitrogen and oxygen atoms in total. The quantitative estimate of drug-likeness (QED) is 0.798. The van der Waals surface area contributed by atoms with Gasteiger partial charge in [0.1, 0.15) is 5.01 Å². The number of hydrogen-bond donors (Lipinski definition) is 1. The summed E-state index contributed by atoms with van der Waals surface area (Å²) in [6, 6.07) is 0.516. The van der Waals surface area contributed by atoms with Crippen LogP contribution in [0.15, 0.2) is 0 Å². The molecule has 0 aliphatic carbocycles. The zero-order valence-electron chi connectivity index (χ0n) is 10.7. The monoisotopic (exact) mass is 242 g/mol. The van der Waals surface area contributed by atoms with Crippen LogP contribution in [0.25, 0.3) is 0 Å². The summed E-state index contributed by atoms with van der Waals surface area (Å²) >= 11 is 1.77. The van der Waals surface area contributed by atoms with Crippen LogP contribution < -0.4 is 5.32 Å². The Morgan fingerprint density at radius 2 is 2.12 bits per heavy atom. The van der Waals surface area contributed by atoms with E-state index in [0.29, 0.717) is 12.6 Å². The van der Waals surface area contributed by atoms with Gasteiger partial charge in [-0.15, -0.1) is 11.3 Å². The number of nitrogens with one attached hydrogen (secondary N) is 1. The Morgan fingerprint density at radius 3 is 2.69 bits per heavy atom. The molecule has 0 saturated carbocycles. The summed E-state index contributed by atoms with van der Waals surface area (Å²) in [6.45, 7) is 10.8. The van der Waals surface area contributed by atoms with Gasteiger partial charge in [0.05, 0.1) is 12.3 Å². The van der Waals surface area contributed by atoms with Crippen LogP contribution >= 0.6 is 11.3 Å². The molecule has 1 rings (SSSR count). The van der Waals surface area contributed by atoms with Crippen molar-refractivity contribution < 1.29 is 4.74 Å². The van der Waals surface area contributed by atoms with E-state index < -0.39 is 0 Å². The second-order valence-electron chi connectivity index (χ2n) is 4.00. The Labute approximate surface area is 102 Å². The van der Waals surface area contributed by atoms with Crippen molar-refractivity contribution in [2.45, 2.75) is 53.3 Å². The van der Waals surface area contributed by atoms with Crippen molar-refractivity contribution in [3.63, 3.8) is 0 Å². The highest BCUT2D eigenvalue weighted by Crippen LogP contribution is 2.20. The smallest absolute Gasteiger partial charge is 0.119 e. The van der Waals surface area contributed by atoms with Gasteiger partial charge in [0.15, 0.2) is 0 Å². The summed E-state index contributed by atoms with van der Waals surface area (Å²) in [7, 11) is 0. The number of thiazole rings is 1. The first kappa shape index (κ1) is 13.6. The molecule has 4 heteroatoms. The number of ether oxygens (including phenoxy) is 1. The number of rotatable bonds is 7. The van der Waals surface area contributed by atoms with Gasteiger partial charge in [-0.25, -0.2) is 4.98 Å². The zero-order valence-corrected chi connectivity index (χ0v) is 11.5. The standard InChI is InChI=1S/C12H22N2OS/c1-5-10-11(7-13-9(3)4)16-12(14-10)8-15-6-2/h9,13H,5-8H2,1-4H3. The van der Waals surface area contributed by atoms with E-state index in [4.69, 9.17) is 4.74 Å². The van der Waals surface area contributed by atoms with Gasteiger partial charge in [0, 0.05) is 24.1 Å². The minimum absolute atomic E-state index is 0.516.